The molecule has 0 saturated carbocycles. The number of likely N-dealkylation sites (tertiary alicyclic amines) is 1. The first-order valence-electron chi connectivity index (χ1n) is 8.25. The van der Waals surface area contributed by atoms with E-state index in [4.69, 9.17) is 4.74 Å². The summed E-state index contributed by atoms with van der Waals surface area (Å²) in [5, 5.41) is 3.43. The van der Waals surface area contributed by atoms with Gasteiger partial charge in [0, 0.05) is 29.7 Å². The average molecular weight is 375 g/mol. The van der Waals surface area contributed by atoms with Crippen LogP contribution >= 0.6 is 15.9 Å². The van der Waals surface area contributed by atoms with Crippen molar-refractivity contribution >= 4 is 22.0 Å². The fraction of sp³-hybridized carbons (Fsp3) is 0.824. The summed E-state index contributed by atoms with van der Waals surface area (Å²) < 4.78 is 6.54. The summed E-state index contributed by atoms with van der Waals surface area (Å²) in [4.78, 5) is 14.4. The Bertz CT molecular complexity index is 379. The fourth-order valence-electron chi connectivity index (χ4n) is 2.76. The van der Waals surface area contributed by atoms with Gasteiger partial charge in [0.15, 0.2) is 0 Å². The Hall–Kier alpha value is -0.550. The van der Waals surface area contributed by atoms with E-state index in [1.807, 2.05) is 25.7 Å². The summed E-state index contributed by atoms with van der Waals surface area (Å²) in [5.41, 5.74) is -0.439. The summed E-state index contributed by atoms with van der Waals surface area (Å²) in [7, 11) is 0. The Kier molecular flexibility index (Phi) is 7.90. The van der Waals surface area contributed by atoms with Crippen molar-refractivity contribution in [2.75, 3.05) is 13.1 Å². The van der Waals surface area contributed by atoms with Crippen molar-refractivity contribution in [2.24, 2.45) is 0 Å². The Balaban J connectivity index is 2.65. The van der Waals surface area contributed by atoms with Crippen molar-refractivity contribution in [1.82, 2.24) is 10.2 Å². The molecular formula is C17H31BrN2O2. The van der Waals surface area contributed by atoms with E-state index < -0.39 is 5.60 Å². The van der Waals surface area contributed by atoms with Crippen molar-refractivity contribution < 1.29 is 9.53 Å². The summed E-state index contributed by atoms with van der Waals surface area (Å²) in [6.07, 6.45) is 5.27. The molecule has 0 aliphatic carbocycles. The second-order valence-corrected chi connectivity index (χ2v) is 8.33. The van der Waals surface area contributed by atoms with Gasteiger partial charge in [0.1, 0.15) is 5.60 Å². The van der Waals surface area contributed by atoms with Crippen LogP contribution in [0.1, 0.15) is 59.8 Å². The van der Waals surface area contributed by atoms with E-state index in [1.54, 1.807) is 0 Å². The molecule has 5 heteroatoms. The van der Waals surface area contributed by atoms with Crippen LogP contribution in [0.25, 0.3) is 0 Å². The van der Waals surface area contributed by atoms with Gasteiger partial charge in [0.25, 0.3) is 0 Å². The molecule has 1 heterocycles. The van der Waals surface area contributed by atoms with Crippen LogP contribution in [0.3, 0.4) is 0 Å². The van der Waals surface area contributed by atoms with E-state index in [0.717, 1.165) is 36.8 Å². The first kappa shape index (κ1) is 19.5. The van der Waals surface area contributed by atoms with Crippen LogP contribution in [-0.4, -0.2) is 41.8 Å². The minimum atomic E-state index is -0.439. The van der Waals surface area contributed by atoms with Gasteiger partial charge in [-0.15, -0.1) is 0 Å². The molecule has 0 aromatic rings. The second-order valence-electron chi connectivity index (χ2n) is 7.21. The van der Waals surface area contributed by atoms with E-state index in [1.165, 1.54) is 12.8 Å². The predicted octanol–water partition coefficient (Wildman–Crippen LogP) is 4.44. The lowest BCUT2D eigenvalue weighted by Gasteiger charge is -2.33. The van der Waals surface area contributed by atoms with Crippen LogP contribution in [0.2, 0.25) is 0 Å². The molecular weight excluding hydrogens is 344 g/mol. The molecule has 128 valence electrons. The van der Waals surface area contributed by atoms with Crippen molar-refractivity contribution in [2.45, 2.75) is 77.5 Å². The number of hydrogen-bond donors (Lipinski definition) is 1. The molecule has 0 aromatic heterocycles. The molecule has 0 bridgehead atoms. The minimum Gasteiger partial charge on any atom is -0.444 e. The lowest BCUT2D eigenvalue weighted by molar-refractivity contribution is 0.0150. The number of amides is 1. The van der Waals surface area contributed by atoms with E-state index in [9.17, 15) is 4.79 Å². The van der Waals surface area contributed by atoms with E-state index in [2.05, 4.69) is 34.7 Å². The summed E-state index contributed by atoms with van der Waals surface area (Å²) in [6, 6.07) is 0.589. The summed E-state index contributed by atoms with van der Waals surface area (Å²) >= 11 is 3.37. The van der Waals surface area contributed by atoms with Crippen molar-refractivity contribution in [3.8, 4) is 0 Å². The normalized spacial score (nSPS) is 21.1. The van der Waals surface area contributed by atoms with Gasteiger partial charge in [-0.25, -0.2) is 4.79 Å². The standard InChI is InChI=1S/C17H31BrN2O2/c1-13(18)12-19-14(2)11-15-9-7-6-8-10-20(15)16(21)22-17(3,4)5/h14-15,19H,1,6-12H2,2-5H3. The zero-order valence-corrected chi connectivity index (χ0v) is 16.0. The van der Waals surface area contributed by atoms with Gasteiger partial charge >= 0.3 is 6.09 Å². The van der Waals surface area contributed by atoms with Crippen LogP contribution in [-0.2, 0) is 4.74 Å². The van der Waals surface area contributed by atoms with Crippen molar-refractivity contribution in [1.29, 1.82) is 0 Å². The number of carbonyl (C=O) groups excluding carboxylic acids is 1. The Labute approximate surface area is 143 Å². The van der Waals surface area contributed by atoms with Gasteiger partial charge in [0.05, 0.1) is 0 Å². The highest BCUT2D eigenvalue weighted by Crippen LogP contribution is 2.23. The molecule has 0 spiro atoms. The maximum absolute atomic E-state index is 12.5. The van der Waals surface area contributed by atoms with Crippen LogP contribution in [0, 0.1) is 0 Å². The minimum absolute atomic E-state index is 0.170. The highest BCUT2D eigenvalue weighted by molar-refractivity contribution is 9.11. The molecule has 4 nitrogen and oxygen atoms in total. The molecule has 22 heavy (non-hydrogen) atoms. The number of hydrogen-bond acceptors (Lipinski definition) is 3. The zero-order valence-electron chi connectivity index (χ0n) is 14.5. The third-order valence-electron chi connectivity index (χ3n) is 3.77. The lowest BCUT2D eigenvalue weighted by Crippen LogP contribution is -2.45. The third-order valence-corrected chi connectivity index (χ3v) is 4.05. The average Bonchev–Trinajstić information content (AvgIpc) is 2.59. The largest absolute Gasteiger partial charge is 0.444 e. The Morgan fingerprint density at radius 2 is 2.09 bits per heavy atom. The van der Waals surface area contributed by atoms with Gasteiger partial charge in [-0.3, -0.25) is 0 Å². The van der Waals surface area contributed by atoms with Crippen molar-refractivity contribution in [3.05, 3.63) is 11.1 Å². The molecule has 1 N–H and O–H groups in total. The molecule has 0 aromatic carbocycles. The summed E-state index contributed by atoms with van der Waals surface area (Å²) in [6.45, 7) is 13.3. The number of carbonyl (C=O) groups is 1. The maximum atomic E-state index is 12.5. The first-order chi connectivity index (χ1) is 10.2. The van der Waals surface area contributed by atoms with Crippen LogP contribution in [0.5, 0.6) is 0 Å². The lowest BCUT2D eigenvalue weighted by atomic mass is 10.0. The van der Waals surface area contributed by atoms with Gasteiger partial charge in [-0.2, -0.15) is 0 Å². The van der Waals surface area contributed by atoms with E-state index >= 15 is 0 Å². The Morgan fingerprint density at radius 3 is 2.68 bits per heavy atom. The highest BCUT2D eigenvalue weighted by Gasteiger charge is 2.30. The topological polar surface area (TPSA) is 41.6 Å². The van der Waals surface area contributed by atoms with E-state index in [-0.39, 0.29) is 12.1 Å². The molecule has 1 amide bonds. The van der Waals surface area contributed by atoms with Gasteiger partial charge in [-0.05, 0) is 47.0 Å². The van der Waals surface area contributed by atoms with E-state index in [0.29, 0.717) is 6.04 Å². The van der Waals surface area contributed by atoms with Gasteiger partial charge < -0.3 is 15.0 Å². The number of ether oxygens (including phenoxy) is 1. The summed E-state index contributed by atoms with van der Waals surface area (Å²) in [5.74, 6) is 0. The molecule has 1 aliphatic rings. The molecule has 0 radical (unpaired) electrons. The number of nitrogens with zero attached hydrogens (tertiary/aromatic N) is 1. The Morgan fingerprint density at radius 1 is 1.41 bits per heavy atom. The first-order valence-corrected chi connectivity index (χ1v) is 9.04. The quantitative estimate of drug-likeness (QED) is 0.772. The maximum Gasteiger partial charge on any atom is 0.410 e. The third kappa shape index (κ3) is 7.63. The molecule has 1 fully saturated rings. The smallest absolute Gasteiger partial charge is 0.410 e. The molecule has 2 atom stereocenters. The number of halogens is 1. The van der Waals surface area contributed by atoms with Crippen LogP contribution < -0.4 is 5.32 Å². The van der Waals surface area contributed by atoms with Crippen LogP contribution in [0.15, 0.2) is 11.1 Å². The number of rotatable bonds is 5. The van der Waals surface area contributed by atoms with Crippen molar-refractivity contribution in [3.63, 3.8) is 0 Å². The molecule has 1 rings (SSSR count). The zero-order chi connectivity index (χ0) is 16.8. The number of nitrogens with one attached hydrogen (secondary N) is 1. The molecule has 1 aliphatic heterocycles. The monoisotopic (exact) mass is 374 g/mol. The van der Waals surface area contributed by atoms with Gasteiger partial charge in [0.2, 0.25) is 0 Å². The molecule has 2 unspecified atom stereocenters. The molecule has 1 saturated heterocycles. The highest BCUT2D eigenvalue weighted by atomic mass is 79.9. The predicted molar refractivity (Wildman–Crippen MR) is 95.3 cm³/mol. The SMILES string of the molecule is C=C(Br)CNC(C)CC1CCCCCN1C(=O)OC(C)(C)C. The fourth-order valence-corrected chi connectivity index (χ4v) is 2.92. The second kappa shape index (κ2) is 8.92. The van der Waals surface area contributed by atoms with Crippen LogP contribution in [0.4, 0.5) is 4.79 Å². The van der Waals surface area contributed by atoms with Gasteiger partial charge in [-0.1, -0.05) is 35.4 Å².